The van der Waals surface area contributed by atoms with Gasteiger partial charge in [-0.25, -0.2) is 0 Å². The first-order valence-corrected chi connectivity index (χ1v) is 6.01. The Morgan fingerprint density at radius 2 is 1.94 bits per heavy atom. The van der Waals surface area contributed by atoms with Gasteiger partial charge in [0.1, 0.15) is 5.76 Å². The van der Waals surface area contributed by atoms with Crippen LogP contribution in [0.15, 0.2) is 40.8 Å². The number of rotatable bonds is 3. The Morgan fingerprint density at radius 3 is 2.56 bits per heavy atom. The van der Waals surface area contributed by atoms with Crippen LogP contribution in [0.4, 0.5) is 0 Å². The molecule has 0 bridgehead atoms. The molecule has 1 atom stereocenters. The molecule has 0 spiro atoms. The number of aryl methyl sites for hydroxylation is 1. The molecule has 1 unspecified atom stereocenters. The maximum absolute atomic E-state index is 11.5. The zero-order chi connectivity index (χ0) is 13.1. The van der Waals surface area contributed by atoms with Crippen molar-refractivity contribution in [2.75, 3.05) is 7.05 Å². The molecule has 1 N–H and O–H groups in total. The lowest BCUT2D eigenvalue weighted by atomic mass is 9.97. The number of carbonyl (C=O) groups is 1. The fraction of sp³-hybridized carbons (Fsp3) is 0.267. The van der Waals surface area contributed by atoms with Crippen molar-refractivity contribution in [3.63, 3.8) is 0 Å². The molecule has 2 aromatic rings. The maximum atomic E-state index is 11.5. The van der Waals surface area contributed by atoms with E-state index < -0.39 is 0 Å². The molecule has 1 aromatic heterocycles. The highest BCUT2D eigenvalue weighted by molar-refractivity contribution is 5.91. The topological polar surface area (TPSA) is 42.2 Å². The quantitative estimate of drug-likeness (QED) is 0.900. The minimum Gasteiger partial charge on any atom is -0.455 e. The second kappa shape index (κ2) is 5.08. The number of benzene rings is 1. The zero-order valence-electron chi connectivity index (χ0n) is 10.9. The minimum absolute atomic E-state index is 0.143. The van der Waals surface area contributed by atoms with Crippen LogP contribution in [0.1, 0.15) is 40.3 Å². The van der Waals surface area contributed by atoms with Gasteiger partial charge in [0, 0.05) is 13.0 Å². The molecule has 1 heterocycles. The molecule has 0 aliphatic heterocycles. The van der Waals surface area contributed by atoms with E-state index in [0.717, 1.165) is 11.3 Å². The van der Waals surface area contributed by atoms with Gasteiger partial charge < -0.3 is 9.73 Å². The van der Waals surface area contributed by atoms with Crippen molar-refractivity contribution in [3.05, 3.63) is 59.0 Å². The SMILES string of the molecule is CNC(=O)c1cc(C)c(C(C)c2ccccc2)o1. The molecule has 0 aliphatic carbocycles. The maximum Gasteiger partial charge on any atom is 0.286 e. The molecule has 0 fully saturated rings. The van der Waals surface area contributed by atoms with Gasteiger partial charge in [-0.05, 0) is 24.1 Å². The summed E-state index contributed by atoms with van der Waals surface area (Å²) in [7, 11) is 1.60. The lowest BCUT2D eigenvalue weighted by molar-refractivity contribution is 0.0933. The molecule has 0 saturated carbocycles. The molecule has 3 heteroatoms. The molecule has 1 amide bonds. The molecule has 94 valence electrons. The van der Waals surface area contributed by atoms with E-state index in [1.165, 1.54) is 5.56 Å². The molecule has 2 rings (SSSR count). The van der Waals surface area contributed by atoms with Gasteiger partial charge in [-0.3, -0.25) is 4.79 Å². The molecule has 1 aromatic carbocycles. The highest BCUT2D eigenvalue weighted by atomic mass is 16.4. The van der Waals surface area contributed by atoms with Crippen molar-refractivity contribution in [2.45, 2.75) is 19.8 Å². The van der Waals surface area contributed by atoms with Gasteiger partial charge in [0.05, 0.1) is 0 Å². The predicted molar refractivity (Wildman–Crippen MR) is 70.8 cm³/mol. The highest BCUT2D eigenvalue weighted by Crippen LogP contribution is 2.28. The van der Waals surface area contributed by atoms with Gasteiger partial charge in [0.2, 0.25) is 0 Å². The average molecular weight is 243 g/mol. The lowest BCUT2D eigenvalue weighted by Gasteiger charge is -2.09. The first-order valence-electron chi connectivity index (χ1n) is 6.01. The number of amides is 1. The van der Waals surface area contributed by atoms with Gasteiger partial charge in [0.25, 0.3) is 5.91 Å². The third-order valence-electron chi connectivity index (χ3n) is 3.10. The number of nitrogens with one attached hydrogen (secondary N) is 1. The van der Waals surface area contributed by atoms with Crippen molar-refractivity contribution in [1.29, 1.82) is 0 Å². The fourth-order valence-corrected chi connectivity index (χ4v) is 2.05. The van der Waals surface area contributed by atoms with Crippen LogP contribution in [0, 0.1) is 6.92 Å². The van der Waals surface area contributed by atoms with Crippen LogP contribution in [0.3, 0.4) is 0 Å². The Kier molecular flexibility index (Phi) is 3.51. The van der Waals surface area contributed by atoms with Crippen LogP contribution in [-0.4, -0.2) is 13.0 Å². The van der Waals surface area contributed by atoms with E-state index in [2.05, 4.69) is 24.4 Å². The van der Waals surface area contributed by atoms with E-state index >= 15 is 0 Å². The zero-order valence-corrected chi connectivity index (χ0v) is 10.9. The van der Waals surface area contributed by atoms with Crippen LogP contribution < -0.4 is 5.32 Å². The second-order valence-corrected chi connectivity index (χ2v) is 4.37. The number of hydrogen-bond acceptors (Lipinski definition) is 2. The van der Waals surface area contributed by atoms with E-state index in [0.29, 0.717) is 5.76 Å². The van der Waals surface area contributed by atoms with Crippen LogP contribution in [0.5, 0.6) is 0 Å². The third-order valence-corrected chi connectivity index (χ3v) is 3.10. The molecule has 3 nitrogen and oxygen atoms in total. The van der Waals surface area contributed by atoms with E-state index in [-0.39, 0.29) is 11.8 Å². The standard InChI is InChI=1S/C15H17NO2/c1-10-9-13(15(17)16-3)18-14(10)11(2)12-7-5-4-6-8-12/h4-9,11H,1-3H3,(H,16,17). The number of hydrogen-bond donors (Lipinski definition) is 1. The monoisotopic (exact) mass is 243 g/mol. The van der Waals surface area contributed by atoms with Gasteiger partial charge in [0.15, 0.2) is 5.76 Å². The van der Waals surface area contributed by atoms with Crippen LogP contribution in [0.2, 0.25) is 0 Å². The minimum atomic E-state index is -0.190. The smallest absolute Gasteiger partial charge is 0.286 e. The van der Waals surface area contributed by atoms with Gasteiger partial charge in [-0.2, -0.15) is 0 Å². The first kappa shape index (κ1) is 12.4. The van der Waals surface area contributed by atoms with Gasteiger partial charge in [-0.1, -0.05) is 37.3 Å². The van der Waals surface area contributed by atoms with Crippen molar-refractivity contribution in [3.8, 4) is 0 Å². The summed E-state index contributed by atoms with van der Waals surface area (Å²) in [5.41, 5.74) is 2.18. The Hall–Kier alpha value is -2.03. The number of carbonyl (C=O) groups excluding carboxylic acids is 1. The van der Waals surface area contributed by atoms with Gasteiger partial charge in [-0.15, -0.1) is 0 Å². The Bertz CT molecular complexity index is 543. The molecule has 18 heavy (non-hydrogen) atoms. The summed E-state index contributed by atoms with van der Waals surface area (Å²) in [4.78, 5) is 11.5. The second-order valence-electron chi connectivity index (χ2n) is 4.37. The summed E-state index contributed by atoms with van der Waals surface area (Å²) in [5, 5.41) is 2.57. The normalized spacial score (nSPS) is 12.2. The van der Waals surface area contributed by atoms with Crippen molar-refractivity contribution in [1.82, 2.24) is 5.32 Å². The summed E-state index contributed by atoms with van der Waals surface area (Å²) >= 11 is 0. The number of furan rings is 1. The molecule has 0 aliphatic rings. The third kappa shape index (κ3) is 2.30. The fourth-order valence-electron chi connectivity index (χ4n) is 2.05. The van der Waals surface area contributed by atoms with Crippen molar-refractivity contribution < 1.29 is 9.21 Å². The predicted octanol–water partition coefficient (Wildman–Crippen LogP) is 3.10. The lowest BCUT2D eigenvalue weighted by Crippen LogP contribution is -2.16. The van der Waals surface area contributed by atoms with E-state index in [9.17, 15) is 4.79 Å². The van der Waals surface area contributed by atoms with Crippen LogP contribution in [0.25, 0.3) is 0 Å². The van der Waals surface area contributed by atoms with Gasteiger partial charge >= 0.3 is 0 Å². The summed E-state index contributed by atoms with van der Waals surface area (Å²) < 4.78 is 5.67. The van der Waals surface area contributed by atoms with E-state index in [1.54, 1.807) is 13.1 Å². The summed E-state index contributed by atoms with van der Waals surface area (Å²) in [6.45, 7) is 4.04. The van der Waals surface area contributed by atoms with E-state index in [1.807, 2.05) is 25.1 Å². The molecule has 0 radical (unpaired) electrons. The van der Waals surface area contributed by atoms with Crippen molar-refractivity contribution in [2.24, 2.45) is 0 Å². The average Bonchev–Trinajstić information content (AvgIpc) is 2.80. The van der Waals surface area contributed by atoms with E-state index in [4.69, 9.17) is 4.42 Å². The molecular weight excluding hydrogens is 226 g/mol. The Balaban J connectivity index is 2.34. The Labute approximate surface area is 107 Å². The Morgan fingerprint density at radius 1 is 1.28 bits per heavy atom. The largest absolute Gasteiger partial charge is 0.455 e. The van der Waals surface area contributed by atoms with Crippen LogP contribution >= 0.6 is 0 Å². The highest BCUT2D eigenvalue weighted by Gasteiger charge is 2.18. The molecule has 0 saturated heterocycles. The summed E-state index contributed by atoms with van der Waals surface area (Å²) in [5.74, 6) is 1.17. The molecular formula is C15H17NO2. The summed E-state index contributed by atoms with van der Waals surface area (Å²) in [6, 6.07) is 11.9. The first-order chi connectivity index (χ1) is 8.63. The summed E-state index contributed by atoms with van der Waals surface area (Å²) in [6.07, 6.45) is 0. The van der Waals surface area contributed by atoms with Crippen LogP contribution in [-0.2, 0) is 0 Å². The van der Waals surface area contributed by atoms with Crippen molar-refractivity contribution >= 4 is 5.91 Å².